The van der Waals surface area contributed by atoms with Crippen molar-refractivity contribution >= 4 is 22.4 Å². The number of oxime groups is 1. The van der Waals surface area contributed by atoms with E-state index in [0.29, 0.717) is 5.82 Å². The molecule has 0 saturated heterocycles. The average Bonchev–Trinajstić information content (AvgIpc) is 3.33. The van der Waals surface area contributed by atoms with Crippen LogP contribution in [0.3, 0.4) is 0 Å². The number of nitrogens with zero attached hydrogens (tertiary/aromatic N) is 7. The minimum absolute atomic E-state index is 0.173. The van der Waals surface area contributed by atoms with Gasteiger partial charge < -0.3 is 4.84 Å². The van der Waals surface area contributed by atoms with E-state index in [4.69, 9.17) is 9.82 Å². The normalized spacial score (nSPS) is 12.0. The zero-order valence-electron chi connectivity index (χ0n) is 17.5. The molecule has 0 bridgehead atoms. The number of aryl methyl sites for hydroxylation is 1. The summed E-state index contributed by atoms with van der Waals surface area (Å²) in [4.78, 5) is 19.4. The van der Waals surface area contributed by atoms with Gasteiger partial charge in [-0.15, -0.1) is 5.10 Å². The Balaban J connectivity index is 1.50. The van der Waals surface area contributed by atoms with Gasteiger partial charge in [0, 0.05) is 11.9 Å². The van der Waals surface area contributed by atoms with Crippen LogP contribution in [-0.2, 0) is 11.4 Å². The molecular weight excluding hydrogens is 390 g/mol. The lowest BCUT2D eigenvalue weighted by molar-refractivity contribution is 0.125. The summed E-state index contributed by atoms with van der Waals surface area (Å²) in [5.74, 6) is 1.37. The molecule has 0 unspecified atom stereocenters. The molecule has 0 saturated carbocycles. The molecule has 0 radical (unpaired) electrons. The number of fused-ring (bicyclic) bond motifs is 3. The summed E-state index contributed by atoms with van der Waals surface area (Å²) in [6.07, 6.45) is 3.45. The lowest BCUT2D eigenvalue weighted by Gasteiger charge is -2.05. The SMILES string of the molecule is CC(=NOCc1nc2c3c(C)c(C)n(-c4ccccn4)c3ncn2n1)c1ccccc1. The van der Waals surface area contributed by atoms with E-state index >= 15 is 0 Å². The zero-order valence-corrected chi connectivity index (χ0v) is 17.5. The Bertz CT molecular complexity index is 1400. The highest BCUT2D eigenvalue weighted by Crippen LogP contribution is 2.28. The molecule has 8 heteroatoms. The largest absolute Gasteiger partial charge is 0.387 e. The van der Waals surface area contributed by atoms with Gasteiger partial charge in [-0.3, -0.25) is 4.57 Å². The van der Waals surface area contributed by atoms with Crippen molar-refractivity contribution in [2.24, 2.45) is 5.16 Å². The van der Waals surface area contributed by atoms with Crippen LogP contribution in [0.2, 0.25) is 0 Å². The van der Waals surface area contributed by atoms with E-state index in [1.54, 1.807) is 17.0 Å². The maximum absolute atomic E-state index is 5.52. The van der Waals surface area contributed by atoms with Crippen LogP contribution in [0.4, 0.5) is 0 Å². The fourth-order valence-electron chi connectivity index (χ4n) is 3.65. The highest BCUT2D eigenvalue weighted by molar-refractivity contribution is 5.98. The first-order chi connectivity index (χ1) is 15.1. The maximum atomic E-state index is 5.52. The highest BCUT2D eigenvalue weighted by atomic mass is 16.6. The molecule has 31 heavy (non-hydrogen) atoms. The lowest BCUT2D eigenvalue weighted by atomic mass is 10.1. The monoisotopic (exact) mass is 411 g/mol. The Kier molecular flexibility index (Phi) is 4.66. The van der Waals surface area contributed by atoms with Crippen LogP contribution in [-0.4, -0.2) is 34.8 Å². The second kappa shape index (κ2) is 7.64. The van der Waals surface area contributed by atoms with Gasteiger partial charge in [-0.05, 0) is 44.0 Å². The number of hydrogen-bond acceptors (Lipinski definition) is 6. The van der Waals surface area contributed by atoms with E-state index in [1.807, 2.05) is 60.0 Å². The van der Waals surface area contributed by atoms with Crippen molar-refractivity contribution in [3.8, 4) is 5.82 Å². The molecule has 5 rings (SSSR count). The third-order valence-electron chi connectivity index (χ3n) is 5.34. The average molecular weight is 411 g/mol. The second-order valence-electron chi connectivity index (χ2n) is 7.29. The summed E-state index contributed by atoms with van der Waals surface area (Å²) < 4.78 is 3.73. The van der Waals surface area contributed by atoms with Gasteiger partial charge >= 0.3 is 0 Å². The van der Waals surface area contributed by atoms with E-state index in [2.05, 4.69) is 34.1 Å². The first kappa shape index (κ1) is 18.9. The maximum Gasteiger partial charge on any atom is 0.192 e. The van der Waals surface area contributed by atoms with Gasteiger partial charge in [0.25, 0.3) is 0 Å². The first-order valence-electron chi connectivity index (χ1n) is 9.98. The van der Waals surface area contributed by atoms with Crippen molar-refractivity contribution < 1.29 is 4.84 Å². The Morgan fingerprint density at radius 1 is 1.00 bits per heavy atom. The Morgan fingerprint density at radius 2 is 1.81 bits per heavy atom. The van der Waals surface area contributed by atoms with E-state index in [1.165, 1.54) is 0 Å². The Morgan fingerprint density at radius 3 is 2.58 bits per heavy atom. The van der Waals surface area contributed by atoms with Crippen LogP contribution in [0.25, 0.3) is 22.5 Å². The Labute approximate surface area is 178 Å². The molecule has 8 nitrogen and oxygen atoms in total. The minimum atomic E-state index is 0.173. The van der Waals surface area contributed by atoms with Crippen LogP contribution in [0.1, 0.15) is 29.6 Å². The lowest BCUT2D eigenvalue weighted by Crippen LogP contribution is -2.01. The van der Waals surface area contributed by atoms with E-state index in [-0.39, 0.29) is 6.61 Å². The first-order valence-corrected chi connectivity index (χ1v) is 9.98. The van der Waals surface area contributed by atoms with E-state index in [9.17, 15) is 0 Å². The molecule has 0 aliphatic heterocycles. The standard InChI is InChI=1S/C23H21N7O/c1-15-17(3)30(20-11-7-8-12-24-20)22-21(15)23-26-19(27-29(23)14-25-22)13-31-28-16(2)18-9-5-4-6-10-18/h4-12,14H,13H2,1-3H3. The molecule has 0 spiro atoms. The van der Waals surface area contributed by atoms with E-state index in [0.717, 1.165) is 45.0 Å². The van der Waals surface area contributed by atoms with Crippen molar-refractivity contribution in [1.82, 2.24) is 29.1 Å². The predicted molar refractivity (Wildman–Crippen MR) is 118 cm³/mol. The molecule has 0 N–H and O–H groups in total. The number of pyridine rings is 1. The van der Waals surface area contributed by atoms with Gasteiger partial charge in [-0.2, -0.15) is 0 Å². The molecule has 5 aromatic rings. The number of rotatable bonds is 5. The number of benzene rings is 1. The number of aromatic nitrogens is 6. The van der Waals surface area contributed by atoms with Gasteiger partial charge in [-0.1, -0.05) is 41.6 Å². The molecule has 0 fully saturated rings. The van der Waals surface area contributed by atoms with Gasteiger partial charge in [0.1, 0.15) is 12.1 Å². The zero-order chi connectivity index (χ0) is 21.4. The molecule has 4 aromatic heterocycles. The van der Waals surface area contributed by atoms with Crippen LogP contribution in [0, 0.1) is 13.8 Å². The van der Waals surface area contributed by atoms with Crippen molar-refractivity contribution in [3.05, 3.63) is 83.7 Å². The predicted octanol–water partition coefficient (Wildman–Crippen LogP) is 4.02. The van der Waals surface area contributed by atoms with Gasteiger partial charge in [0.15, 0.2) is 23.7 Å². The summed E-state index contributed by atoms with van der Waals surface area (Å²) in [6.45, 7) is 6.21. The minimum Gasteiger partial charge on any atom is -0.387 e. The molecule has 0 aliphatic carbocycles. The van der Waals surface area contributed by atoms with Crippen LogP contribution < -0.4 is 0 Å². The molecule has 4 heterocycles. The smallest absolute Gasteiger partial charge is 0.192 e. The number of hydrogen-bond donors (Lipinski definition) is 0. The summed E-state index contributed by atoms with van der Waals surface area (Å²) in [6, 6.07) is 15.7. The summed E-state index contributed by atoms with van der Waals surface area (Å²) in [5.41, 5.74) is 5.52. The van der Waals surface area contributed by atoms with Crippen molar-refractivity contribution in [2.75, 3.05) is 0 Å². The van der Waals surface area contributed by atoms with E-state index < -0.39 is 0 Å². The molecule has 0 amide bonds. The quantitative estimate of drug-likeness (QED) is 0.322. The van der Waals surface area contributed by atoms with Gasteiger partial charge in [0.05, 0.1) is 11.1 Å². The third-order valence-corrected chi connectivity index (χ3v) is 5.34. The van der Waals surface area contributed by atoms with Crippen LogP contribution >= 0.6 is 0 Å². The van der Waals surface area contributed by atoms with Crippen molar-refractivity contribution in [2.45, 2.75) is 27.4 Å². The molecular formula is C23H21N7O. The molecule has 1 aromatic carbocycles. The van der Waals surface area contributed by atoms with Crippen molar-refractivity contribution in [3.63, 3.8) is 0 Å². The van der Waals surface area contributed by atoms with Crippen LogP contribution in [0.15, 0.2) is 66.2 Å². The summed E-state index contributed by atoms with van der Waals surface area (Å²) in [7, 11) is 0. The fourth-order valence-corrected chi connectivity index (χ4v) is 3.65. The molecule has 154 valence electrons. The third kappa shape index (κ3) is 3.31. The fraction of sp³-hybridized carbons (Fsp3) is 0.174. The van der Waals surface area contributed by atoms with Gasteiger partial charge in [0.2, 0.25) is 0 Å². The van der Waals surface area contributed by atoms with Crippen molar-refractivity contribution in [1.29, 1.82) is 0 Å². The topological polar surface area (TPSA) is 82.5 Å². The van der Waals surface area contributed by atoms with Gasteiger partial charge in [-0.25, -0.2) is 19.5 Å². The highest BCUT2D eigenvalue weighted by Gasteiger charge is 2.19. The Hall–Kier alpha value is -4.07. The molecule has 0 aliphatic rings. The summed E-state index contributed by atoms with van der Waals surface area (Å²) in [5, 5.41) is 9.66. The van der Waals surface area contributed by atoms with Crippen LogP contribution in [0.5, 0.6) is 0 Å². The molecule has 0 atom stereocenters. The second-order valence-corrected chi connectivity index (χ2v) is 7.29. The summed E-state index contributed by atoms with van der Waals surface area (Å²) >= 11 is 0.